The van der Waals surface area contributed by atoms with Gasteiger partial charge in [-0.1, -0.05) is 12.1 Å². The van der Waals surface area contributed by atoms with E-state index in [-0.39, 0.29) is 10.6 Å². The molecule has 0 unspecified atom stereocenters. The summed E-state index contributed by atoms with van der Waals surface area (Å²) in [4.78, 5) is 0.210. The fraction of sp³-hybridized carbons (Fsp3) is 0.385. The average Bonchev–Trinajstić information content (AvgIpc) is 2.51. The van der Waals surface area contributed by atoms with Crippen LogP contribution in [0.5, 0.6) is 0 Å². The summed E-state index contributed by atoms with van der Waals surface area (Å²) in [5, 5.41) is 0.564. The molecular weight excluding hydrogens is 284 g/mol. The molecule has 0 spiro atoms. The molecule has 0 aromatic heterocycles. The highest BCUT2D eigenvalue weighted by molar-refractivity contribution is 7.95. The summed E-state index contributed by atoms with van der Waals surface area (Å²) in [6.07, 6.45) is 0. The number of hydrogen-bond donors (Lipinski definition) is 0. The number of benzene rings is 1. The summed E-state index contributed by atoms with van der Waals surface area (Å²) >= 11 is 0. The number of fused-ring (bicyclic) bond motifs is 1. The number of hydrogen-bond acceptors (Lipinski definition) is 4. The van der Waals surface area contributed by atoms with E-state index in [2.05, 4.69) is 0 Å². The fourth-order valence-electron chi connectivity index (χ4n) is 2.09. The summed E-state index contributed by atoms with van der Waals surface area (Å²) in [6, 6.07) is 4.97. The summed E-state index contributed by atoms with van der Waals surface area (Å²) in [5.74, 6) is -0.234. The maximum atomic E-state index is 12.0. The molecule has 0 N–H and O–H groups in total. The van der Waals surface area contributed by atoms with Crippen molar-refractivity contribution in [3.05, 3.63) is 34.7 Å². The molecule has 19 heavy (non-hydrogen) atoms. The van der Waals surface area contributed by atoms with Gasteiger partial charge < -0.3 is 0 Å². The monoisotopic (exact) mass is 300 g/mol. The van der Waals surface area contributed by atoms with Crippen LogP contribution in [0.2, 0.25) is 0 Å². The molecule has 0 aliphatic carbocycles. The van der Waals surface area contributed by atoms with Crippen LogP contribution in [-0.2, 0) is 19.7 Å². The Kier molecular flexibility index (Phi) is 3.35. The van der Waals surface area contributed by atoms with Crippen molar-refractivity contribution in [2.45, 2.75) is 30.9 Å². The number of aryl methyl sites for hydroxylation is 1. The van der Waals surface area contributed by atoms with E-state index in [9.17, 15) is 16.8 Å². The van der Waals surface area contributed by atoms with Gasteiger partial charge in [-0.15, -0.1) is 0 Å². The summed E-state index contributed by atoms with van der Waals surface area (Å²) in [5.41, 5.74) is 1.71. The summed E-state index contributed by atoms with van der Waals surface area (Å²) in [7, 11) is -6.83. The van der Waals surface area contributed by atoms with E-state index in [1.807, 2.05) is 0 Å². The van der Waals surface area contributed by atoms with E-state index in [0.717, 1.165) is 11.0 Å². The van der Waals surface area contributed by atoms with Crippen LogP contribution in [0.1, 0.15) is 25.0 Å². The highest BCUT2D eigenvalue weighted by Gasteiger charge is 2.31. The highest BCUT2D eigenvalue weighted by atomic mass is 32.2. The predicted molar refractivity (Wildman–Crippen MR) is 75.3 cm³/mol. The van der Waals surface area contributed by atoms with E-state index >= 15 is 0 Å². The minimum absolute atomic E-state index is 0.210. The Balaban J connectivity index is 2.59. The van der Waals surface area contributed by atoms with Crippen molar-refractivity contribution in [1.82, 2.24) is 0 Å². The van der Waals surface area contributed by atoms with Gasteiger partial charge in [-0.05, 0) is 38.0 Å². The van der Waals surface area contributed by atoms with Crippen LogP contribution in [-0.4, -0.2) is 27.8 Å². The summed E-state index contributed by atoms with van der Waals surface area (Å²) in [6.45, 7) is 4.98. The Morgan fingerprint density at radius 2 is 1.84 bits per heavy atom. The lowest BCUT2D eigenvalue weighted by Crippen LogP contribution is -2.18. The molecule has 0 saturated carbocycles. The molecule has 4 nitrogen and oxygen atoms in total. The minimum Gasteiger partial charge on any atom is -0.228 e. The maximum absolute atomic E-state index is 12.0. The van der Waals surface area contributed by atoms with Gasteiger partial charge in [0.05, 0.1) is 15.9 Å². The van der Waals surface area contributed by atoms with Crippen LogP contribution in [0.15, 0.2) is 28.5 Å². The first-order valence-corrected chi connectivity index (χ1v) is 9.18. The molecule has 1 aliphatic rings. The molecule has 0 saturated heterocycles. The van der Waals surface area contributed by atoms with Crippen molar-refractivity contribution in [2.75, 3.05) is 5.75 Å². The molecule has 0 bridgehead atoms. The highest BCUT2D eigenvalue weighted by Crippen LogP contribution is 2.36. The molecule has 2 rings (SSSR count). The molecule has 0 atom stereocenters. The summed E-state index contributed by atoms with van der Waals surface area (Å²) < 4.78 is 48.0. The zero-order valence-corrected chi connectivity index (χ0v) is 12.7. The van der Waals surface area contributed by atoms with Crippen molar-refractivity contribution >= 4 is 25.2 Å². The van der Waals surface area contributed by atoms with Crippen LogP contribution in [0, 0.1) is 6.92 Å². The topological polar surface area (TPSA) is 68.3 Å². The molecule has 1 aromatic carbocycles. The van der Waals surface area contributed by atoms with E-state index < -0.39 is 24.9 Å². The standard InChI is InChI=1S/C13H16O4S2/c1-9(2)18(14,15)7-11-8-19(16,17)12-6-4-5-10(3)13(11)12/h4-6,8-9H,7H2,1-3H3. The van der Waals surface area contributed by atoms with Gasteiger partial charge in [-0.2, -0.15) is 0 Å². The van der Waals surface area contributed by atoms with Crippen LogP contribution in [0.3, 0.4) is 0 Å². The van der Waals surface area contributed by atoms with Crippen molar-refractivity contribution in [3.8, 4) is 0 Å². The largest absolute Gasteiger partial charge is 0.228 e. The second-order valence-electron chi connectivity index (χ2n) is 4.99. The van der Waals surface area contributed by atoms with Crippen molar-refractivity contribution in [3.63, 3.8) is 0 Å². The van der Waals surface area contributed by atoms with Crippen LogP contribution in [0.25, 0.3) is 5.57 Å². The van der Waals surface area contributed by atoms with E-state index in [1.54, 1.807) is 32.9 Å². The first-order chi connectivity index (χ1) is 8.65. The van der Waals surface area contributed by atoms with Gasteiger partial charge in [0.25, 0.3) is 0 Å². The van der Waals surface area contributed by atoms with Crippen molar-refractivity contribution in [2.24, 2.45) is 0 Å². The van der Waals surface area contributed by atoms with Gasteiger partial charge in [0.15, 0.2) is 9.84 Å². The normalized spacial score (nSPS) is 17.4. The third kappa shape index (κ3) is 2.47. The fourth-order valence-corrected chi connectivity index (χ4v) is 4.74. The molecule has 1 heterocycles. The molecule has 6 heteroatoms. The molecule has 1 aliphatic heterocycles. The van der Waals surface area contributed by atoms with E-state index in [0.29, 0.717) is 11.1 Å². The third-order valence-electron chi connectivity index (χ3n) is 3.23. The lowest BCUT2D eigenvalue weighted by Gasteiger charge is -2.10. The van der Waals surface area contributed by atoms with Gasteiger partial charge >= 0.3 is 0 Å². The first kappa shape index (κ1) is 14.3. The van der Waals surface area contributed by atoms with Crippen LogP contribution in [0.4, 0.5) is 0 Å². The Morgan fingerprint density at radius 3 is 2.42 bits per heavy atom. The van der Waals surface area contributed by atoms with E-state index in [1.165, 1.54) is 6.07 Å². The Morgan fingerprint density at radius 1 is 1.21 bits per heavy atom. The Bertz CT molecular complexity index is 754. The van der Waals surface area contributed by atoms with Gasteiger partial charge in [0.1, 0.15) is 0 Å². The van der Waals surface area contributed by atoms with Gasteiger partial charge in [0.2, 0.25) is 9.84 Å². The lowest BCUT2D eigenvalue weighted by atomic mass is 10.0. The van der Waals surface area contributed by atoms with Crippen LogP contribution < -0.4 is 0 Å². The second-order valence-corrected chi connectivity index (χ2v) is 9.31. The number of rotatable bonds is 3. The smallest absolute Gasteiger partial charge is 0.200 e. The predicted octanol–water partition coefficient (Wildman–Crippen LogP) is 1.95. The van der Waals surface area contributed by atoms with Gasteiger partial charge in [0, 0.05) is 11.0 Å². The van der Waals surface area contributed by atoms with Crippen molar-refractivity contribution in [1.29, 1.82) is 0 Å². The Hall–Kier alpha value is -1.14. The average molecular weight is 300 g/mol. The Labute approximate surface area is 114 Å². The molecule has 1 aromatic rings. The zero-order chi connectivity index (χ0) is 14.4. The van der Waals surface area contributed by atoms with Gasteiger partial charge in [-0.3, -0.25) is 0 Å². The molecule has 104 valence electrons. The number of sulfone groups is 2. The quantitative estimate of drug-likeness (QED) is 0.855. The second kappa shape index (κ2) is 4.45. The minimum atomic E-state index is -3.50. The third-order valence-corrected chi connectivity index (χ3v) is 6.93. The maximum Gasteiger partial charge on any atom is 0.200 e. The molecule has 0 radical (unpaired) electrons. The molecule has 0 fully saturated rings. The van der Waals surface area contributed by atoms with Gasteiger partial charge in [-0.25, -0.2) is 16.8 Å². The van der Waals surface area contributed by atoms with E-state index in [4.69, 9.17) is 0 Å². The zero-order valence-electron chi connectivity index (χ0n) is 11.0. The SMILES string of the molecule is Cc1cccc2c1C(CS(=O)(=O)C(C)C)=CS2(=O)=O. The first-order valence-electron chi connectivity index (χ1n) is 5.92. The van der Waals surface area contributed by atoms with Crippen LogP contribution >= 0.6 is 0 Å². The molecule has 0 amide bonds. The lowest BCUT2D eigenvalue weighted by molar-refractivity contribution is 0.590. The van der Waals surface area contributed by atoms with Crippen molar-refractivity contribution < 1.29 is 16.8 Å². The molecular formula is C13H16O4S2.